The van der Waals surface area contributed by atoms with E-state index in [1.54, 1.807) is 0 Å². The third-order valence-corrected chi connectivity index (χ3v) is 3.16. The van der Waals surface area contributed by atoms with Crippen molar-refractivity contribution < 1.29 is 28.4 Å². The van der Waals surface area contributed by atoms with Gasteiger partial charge in [0, 0.05) is 0 Å². The Hall–Kier alpha value is -0.725. The number of nitrogens with zero attached hydrogens (tertiary/aromatic N) is 1. The van der Waals surface area contributed by atoms with Crippen molar-refractivity contribution in [3.63, 3.8) is 0 Å². The maximum Gasteiger partial charge on any atom is 0.412 e. The highest BCUT2D eigenvalue weighted by atomic mass is 19.3. The lowest BCUT2D eigenvalue weighted by molar-refractivity contribution is -0.279. The van der Waals surface area contributed by atoms with Crippen LogP contribution in [0.4, 0.5) is 8.78 Å². The first kappa shape index (κ1) is 11.8. The van der Waals surface area contributed by atoms with Gasteiger partial charge in [-0.2, -0.15) is 0 Å². The monoisotopic (exact) mass is 235 g/mol. The molecule has 2 fully saturated rings. The SMILES string of the molecule is COOCC1C2C(C(=O)N1B(C)O)C2(F)F. The molecular weight excluding hydrogens is 223 g/mol. The normalized spacial score (nSPS) is 35.2. The molecule has 5 nitrogen and oxygen atoms in total. The zero-order valence-corrected chi connectivity index (χ0v) is 8.89. The number of hydrogen-bond donors (Lipinski definition) is 1. The van der Waals surface area contributed by atoms with Gasteiger partial charge in [0.15, 0.2) is 0 Å². The van der Waals surface area contributed by atoms with Crippen LogP contribution in [-0.2, 0) is 14.6 Å². The van der Waals surface area contributed by atoms with Crippen LogP contribution in [-0.4, -0.2) is 48.5 Å². The molecule has 3 unspecified atom stereocenters. The topological polar surface area (TPSA) is 59.0 Å². The summed E-state index contributed by atoms with van der Waals surface area (Å²) in [4.78, 5) is 21.5. The Kier molecular flexibility index (Phi) is 2.68. The predicted octanol–water partition coefficient (Wildman–Crippen LogP) is -0.233. The number of hydrogen-bond acceptors (Lipinski definition) is 4. The van der Waals surface area contributed by atoms with Gasteiger partial charge < -0.3 is 9.83 Å². The Morgan fingerprint density at radius 3 is 2.75 bits per heavy atom. The van der Waals surface area contributed by atoms with E-state index in [0.717, 1.165) is 4.81 Å². The molecule has 0 bridgehead atoms. The second-order valence-corrected chi connectivity index (χ2v) is 4.07. The first-order valence-electron chi connectivity index (χ1n) is 4.96. The van der Waals surface area contributed by atoms with Gasteiger partial charge in [-0.25, -0.2) is 18.6 Å². The van der Waals surface area contributed by atoms with Crippen molar-refractivity contribution in [1.82, 2.24) is 4.81 Å². The number of piperidine rings is 1. The summed E-state index contributed by atoms with van der Waals surface area (Å²) in [6.45, 7) is 1.20. The van der Waals surface area contributed by atoms with Gasteiger partial charge in [-0.1, -0.05) is 0 Å². The maximum absolute atomic E-state index is 13.2. The Bertz CT molecular complexity index is 314. The highest BCUT2D eigenvalue weighted by molar-refractivity contribution is 6.49. The minimum absolute atomic E-state index is 0.163. The van der Waals surface area contributed by atoms with Crippen LogP contribution in [0.15, 0.2) is 0 Å². The summed E-state index contributed by atoms with van der Waals surface area (Å²) in [5.41, 5.74) is 0. The standard InChI is InChI=1S/C8H12BF2NO4/c1-9(14)12-4(3-16-15-2)5-6(7(12)13)8(5,10)11/h4-6,14H,3H2,1-2H3. The van der Waals surface area contributed by atoms with E-state index in [-0.39, 0.29) is 6.61 Å². The summed E-state index contributed by atoms with van der Waals surface area (Å²) in [7, 11) is 0.160. The molecule has 1 saturated carbocycles. The highest BCUT2D eigenvalue weighted by Crippen LogP contribution is 2.62. The first-order valence-corrected chi connectivity index (χ1v) is 4.96. The van der Waals surface area contributed by atoms with E-state index < -0.39 is 36.8 Å². The van der Waals surface area contributed by atoms with E-state index in [1.165, 1.54) is 13.9 Å². The molecule has 1 heterocycles. The predicted molar refractivity (Wildman–Crippen MR) is 49.4 cm³/mol. The molecule has 0 spiro atoms. The zero-order chi connectivity index (χ0) is 12.1. The molecule has 1 N–H and O–H groups in total. The number of fused-ring (bicyclic) bond motifs is 1. The van der Waals surface area contributed by atoms with Gasteiger partial charge >= 0.3 is 7.05 Å². The number of alkyl halides is 2. The Labute approximate surface area is 91.4 Å². The first-order chi connectivity index (χ1) is 7.42. The van der Waals surface area contributed by atoms with E-state index >= 15 is 0 Å². The quantitative estimate of drug-likeness (QED) is 0.415. The van der Waals surface area contributed by atoms with E-state index in [4.69, 9.17) is 0 Å². The van der Waals surface area contributed by atoms with Gasteiger partial charge in [0.05, 0.1) is 19.1 Å². The third kappa shape index (κ3) is 1.44. The fraction of sp³-hybridized carbons (Fsp3) is 0.875. The molecule has 8 heteroatoms. The molecule has 0 aromatic heterocycles. The number of halogens is 2. The lowest BCUT2D eigenvalue weighted by Gasteiger charge is -2.29. The van der Waals surface area contributed by atoms with Crippen molar-refractivity contribution in [2.75, 3.05) is 13.7 Å². The lowest BCUT2D eigenvalue weighted by atomic mass is 9.83. The van der Waals surface area contributed by atoms with E-state index in [9.17, 15) is 18.6 Å². The van der Waals surface area contributed by atoms with Crippen LogP contribution < -0.4 is 0 Å². The molecule has 3 atom stereocenters. The molecule has 2 rings (SSSR count). The van der Waals surface area contributed by atoms with Crippen molar-refractivity contribution >= 4 is 13.0 Å². The van der Waals surface area contributed by atoms with Gasteiger partial charge in [-0.15, -0.1) is 0 Å². The van der Waals surface area contributed by atoms with Crippen LogP contribution in [0.3, 0.4) is 0 Å². The van der Waals surface area contributed by atoms with Crippen molar-refractivity contribution in [2.45, 2.75) is 18.8 Å². The van der Waals surface area contributed by atoms with Crippen LogP contribution in [0.2, 0.25) is 6.82 Å². The van der Waals surface area contributed by atoms with Gasteiger partial charge in [-0.05, 0) is 6.82 Å². The highest BCUT2D eigenvalue weighted by Gasteiger charge is 2.80. The summed E-state index contributed by atoms with van der Waals surface area (Å²) >= 11 is 0. The number of carbonyl (C=O) groups excluding carboxylic acids is 1. The largest absolute Gasteiger partial charge is 0.432 e. The average molecular weight is 235 g/mol. The second kappa shape index (κ2) is 3.64. The van der Waals surface area contributed by atoms with E-state index in [1.807, 2.05) is 0 Å². The Morgan fingerprint density at radius 1 is 1.62 bits per heavy atom. The molecule has 0 aromatic rings. The second-order valence-electron chi connectivity index (χ2n) is 4.07. The summed E-state index contributed by atoms with van der Waals surface area (Å²) in [5, 5.41) is 9.36. The molecule has 90 valence electrons. The van der Waals surface area contributed by atoms with Gasteiger partial charge in [-0.3, -0.25) is 4.79 Å². The minimum atomic E-state index is -2.97. The van der Waals surface area contributed by atoms with Crippen LogP contribution in [0, 0.1) is 11.8 Å². The van der Waals surface area contributed by atoms with Crippen LogP contribution >= 0.6 is 0 Å². The van der Waals surface area contributed by atoms with Crippen LogP contribution in [0.25, 0.3) is 0 Å². The van der Waals surface area contributed by atoms with E-state index in [2.05, 4.69) is 9.78 Å². The minimum Gasteiger partial charge on any atom is -0.432 e. The van der Waals surface area contributed by atoms with Gasteiger partial charge in [0.1, 0.15) is 12.5 Å². The third-order valence-electron chi connectivity index (χ3n) is 3.16. The van der Waals surface area contributed by atoms with Crippen LogP contribution in [0.5, 0.6) is 0 Å². The molecule has 2 aliphatic rings. The molecule has 0 aromatic carbocycles. The van der Waals surface area contributed by atoms with Crippen molar-refractivity contribution in [3.8, 4) is 0 Å². The molecule has 0 radical (unpaired) electrons. The maximum atomic E-state index is 13.2. The van der Waals surface area contributed by atoms with Crippen LogP contribution in [0.1, 0.15) is 0 Å². The zero-order valence-electron chi connectivity index (χ0n) is 8.89. The fourth-order valence-corrected chi connectivity index (χ4v) is 2.43. The molecule has 16 heavy (non-hydrogen) atoms. The summed E-state index contributed by atoms with van der Waals surface area (Å²) in [5.74, 6) is -6.04. The molecule has 1 aliphatic heterocycles. The molecular formula is C8H12BF2NO4. The van der Waals surface area contributed by atoms with Crippen molar-refractivity contribution in [1.29, 1.82) is 0 Å². The fourth-order valence-electron chi connectivity index (χ4n) is 2.43. The Balaban J connectivity index is 2.14. The smallest absolute Gasteiger partial charge is 0.412 e. The number of amides is 1. The Morgan fingerprint density at radius 2 is 2.25 bits per heavy atom. The average Bonchev–Trinajstić information content (AvgIpc) is 2.60. The summed E-state index contributed by atoms with van der Waals surface area (Å²) in [6.07, 6.45) is 0. The van der Waals surface area contributed by atoms with Gasteiger partial charge in [0.25, 0.3) is 5.92 Å². The molecule has 1 saturated heterocycles. The lowest BCUT2D eigenvalue weighted by Crippen LogP contribution is -2.50. The van der Waals surface area contributed by atoms with E-state index in [0.29, 0.717) is 0 Å². The molecule has 1 aliphatic carbocycles. The number of rotatable bonds is 4. The number of carbonyl (C=O) groups is 1. The summed E-state index contributed by atoms with van der Waals surface area (Å²) in [6, 6.07) is -0.826. The van der Waals surface area contributed by atoms with Crippen molar-refractivity contribution in [2.24, 2.45) is 11.8 Å². The molecule has 1 amide bonds. The van der Waals surface area contributed by atoms with Crippen molar-refractivity contribution in [3.05, 3.63) is 0 Å². The summed E-state index contributed by atoms with van der Waals surface area (Å²) < 4.78 is 26.4. The van der Waals surface area contributed by atoms with Gasteiger partial charge in [0.2, 0.25) is 5.91 Å².